The Morgan fingerprint density at radius 1 is 1.12 bits per heavy atom. The zero-order valence-corrected chi connectivity index (χ0v) is 16.3. The third kappa shape index (κ3) is 4.33. The van der Waals surface area contributed by atoms with Crippen molar-refractivity contribution in [3.63, 3.8) is 0 Å². The van der Waals surface area contributed by atoms with E-state index in [2.05, 4.69) is 15.9 Å². The number of carbonyl (C=O) groups excluding carboxylic acids is 1. The number of ether oxygens (including phenoxy) is 2. The highest BCUT2D eigenvalue weighted by molar-refractivity contribution is 9.12. The van der Waals surface area contributed by atoms with Gasteiger partial charge in [0.1, 0.15) is 11.5 Å². The minimum Gasteiger partial charge on any atom is -0.497 e. The first-order chi connectivity index (χ1) is 11.9. The maximum Gasteiger partial charge on any atom is 0.200 e. The number of methoxy groups -OCH3 is 2. The molecule has 0 heterocycles. The molecule has 0 aliphatic heterocycles. The average molecular weight is 405 g/mol. The van der Waals surface area contributed by atoms with Crippen molar-refractivity contribution in [1.29, 1.82) is 0 Å². The highest BCUT2D eigenvalue weighted by atomic mass is 79.9. The van der Waals surface area contributed by atoms with Crippen LogP contribution in [0.5, 0.6) is 11.5 Å². The van der Waals surface area contributed by atoms with E-state index in [4.69, 9.17) is 15.2 Å². The maximum atomic E-state index is 12.7. The Hall–Kier alpha value is -2.47. The lowest BCUT2D eigenvalue weighted by atomic mass is 10.1. The first-order valence-corrected chi connectivity index (χ1v) is 8.37. The monoisotopic (exact) mass is 404 g/mol. The molecule has 0 saturated heterocycles. The fourth-order valence-electron chi connectivity index (χ4n) is 2.40. The first-order valence-electron chi connectivity index (χ1n) is 7.58. The molecule has 0 amide bonds. The highest BCUT2D eigenvalue weighted by Crippen LogP contribution is 2.29. The SMILES string of the molecule is COc1ccc(OC)c(C=C(Br)C(=O)c2ccc(N(C)C)c(N)c2)c1. The molecule has 0 radical (unpaired) electrons. The molecule has 5 nitrogen and oxygen atoms in total. The van der Waals surface area contributed by atoms with Crippen LogP contribution < -0.4 is 20.1 Å². The van der Waals surface area contributed by atoms with Gasteiger partial charge in [0.05, 0.1) is 30.1 Å². The van der Waals surface area contributed by atoms with Gasteiger partial charge in [-0.2, -0.15) is 0 Å². The summed E-state index contributed by atoms with van der Waals surface area (Å²) in [6, 6.07) is 10.7. The normalized spacial score (nSPS) is 11.2. The number of carbonyl (C=O) groups is 1. The van der Waals surface area contributed by atoms with Crippen LogP contribution in [0.2, 0.25) is 0 Å². The van der Waals surface area contributed by atoms with Crippen LogP contribution in [0, 0.1) is 0 Å². The second-order valence-electron chi connectivity index (χ2n) is 5.60. The van der Waals surface area contributed by atoms with Crippen molar-refractivity contribution in [3.05, 3.63) is 52.0 Å². The smallest absolute Gasteiger partial charge is 0.200 e. The molecule has 0 fully saturated rings. The van der Waals surface area contributed by atoms with E-state index in [0.717, 1.165) is 11.3 Å². The topological polar surface area (TPSA) is 64.8 Å². The molecule has 0 atom stereocenters. The number of nitrogen functional groups attached to an aromatic ring is 1. The van der Waals surface area contributed by atoms with Crippen molar-refractivity contribution >= 4 is 39.2 Å². The third-order valence-electron chi connectivity index (χ3n) is 3.71. The van der Waals surface area contributed by atoms with Crippen LogP contribution in [0.15, 0.2) is 40.9 Å². The van der Waals surface area contributed by atoms with E-state index in [-0.39, 0.29) is 5.78 Å². The molecule has 0 saturated carbocycles. The van der Waals surface area contributed by atoms with Crippen LogP contribution in [-0.2, 0) is 0 Å². The van der Waals surface area contributed by atoms with E-state index >= 15 is 0 Å². The Labute approximate surface area is 156 Å². The zero-order chi connectivity index (χ0) is 18.6. The summed E-state index contributed by atoms with van der Waals surface area (Å²) in [5, 5.41) is 0. The minimum atomic E-state index is -0.165. The number of hydrogen-bond donors (Lipinski definition) is 1. The summed E-state index contributed by atoms with van der Waals surface area (Å²) in [5.74, 6) is 1.16. The number of anilines is 2. The molecule has 0 aliphatic rings. The Bertz CT molecular complexity index is 816. The summed E-state index contributed by atoms with van der Waals surface area (Å²) in [5.41, 5.74) is 8.69. The number of benzene rings is 2. The summed E-state index contributed by atoms with van der Waals surface area (Å²) in [4.78, 5) is 14.6. The molecule has 2 aromatic carbocycles. The fourth-order valence-corrected chi connectivity index (χ4v) is 2.87. The van der Waals surface area contributed by atoms with Gasteiger partial charge in [-0.05, 0) is 58.4 Å². The molecule has 0 aromatic heterocycles. The number of nitrogens with zero attached hydrogens (tertiary/aromatic N) is 1. The number of allylic oxidation sites excluding steroid dienone is 1. The molecule has 0 unspecified atom stereocenters. The maximum absolute atomic E-state index is 12.7. The highest BCUT2D eigenvalue weighted by Gasteiger charge is 2.14. The summed E-state index contributed by atoms with van der Waals surface area (Å²) >= 11 is 3.36. The summed E-state index contributed by atoms with van der Waals surface area (Å²) in [7, 11) is 6.97. The van der Waals surface area contributed by atoms with Gasteiger partial charge >= 0.3 is 0 Å². The number of rotatable bonds is 6. The quantitative estimate of drug-likeness (QED) is 0.448. The molecule has 2 rings (SSSR count). The van der Waals surface area contributed by atoms with Crippen molar-refractivity contribution in [1.82, 2.24) is 0 Å². The lowest BCUT2D eigenvalue weighted by molar-refractivity contribution is 0.104. The van der Waals surface area contributed by atoms with Crippen LogP contribution in [0.3, 0.4) is 0 Å². The second kappa shape index (κ2) is 8.07. The fraction of sp³-hybridized carbons (Fsp3) is 0.211. The van der Waals surface area contributed by atoms with Crippen LogP contribution in [0.1, 0.15) is 15.9 Å². The number of hydrogen-bond acceptors (Lipinski definition) is 5. The lowest BCUT2D eigenvalue weighted by Crippen LogP contribution is -2.12. The van der Waals surface area contributed by atoms with E-state index in [9.17, 15) is 4.79 Å². The van der Waals surface area contributed by atoms with Crippen molar-refractivity contribution in [2.24, 2.45) is 0 Å². The Morgan fingerprint density at radius 3 is 2.40 bits per heavy atom. The van der Waals surface area contributed by atoms with Crippen molar-refractivity contribution in [2.45, 2.75) is 0 Å². The van der Waals surface area contributed by atoms with Gasteiger partial charge in [-0.15, -0.1) is 0 Å². The van der Waals surface area contributed by atoms with Gasteiger partial charge in [0.2, 0.25) is 0 Å². The standard InChI is InChI=1S/C19H21BrN2O3/c1-22(2)17-7-5-12(11-16(17)21)19(23)15(20)10-13-9-14(24-3)6-8-18(13)25-4/h5-11H,21H2,1-4H3. The van der Waals surface area contributed by atoms with Gasteiger partial charge in [0, 0.05) is 25.2 Å². The van der Waals surface area contributed by atoms with Crippen LogP contribution in [-0.4, -0.2) is 34.1 Å². The van der Waals surface area contributed by atoms with Crippen LogP contribution in [0.25, 0.3) is 6.08 Å². The van der Waals surface area contributed by atoms with Crippen molar-refractivity contribution in [3.8, 4) is 11.5 Å². The number of ketones is 1. The Balaban J connectivity index is 2.37. The summed E-state index contributed by atoms with van der Waals surface area (Å²) < 4.78 is 11.0. The predicted molar refractivity (Wildman–Crippen MR) is 106 cm³/mol. The number of halogens is 1. The van der Waals surface area contributed by atoms with E-state index < -0.39 is 0 Å². The molecule has 0 spiro atoms. The van der Waals surface area contributed by atoms with Crippen molar-refractivity contribution < 1.29 is 14.3 Å². The van der Waals surface area contributed by atoms with Gasteiger partial charge in [-0.25, -0.2) is 0 Å². The molecule has 0 aliphatic carbocycles. The second-order valence-corrected chi connectivity index (χ2v) is 6.45. The molecular weight excluding hydrogens is 384 g/mol. The van der Waals surface area contributed by atoms with Gasteiger partial charge in [-0.1, -0.05) is 0 Å². The minimum absolute atomic E-state index is 0.165. The molecule has 2 aromatic rings. The third-order valence-corrected chi connectivity index (χ3v) is 4.30. The number of nitrogens with two attached hydrogens (primary N) is 1. The summed E-state index contributed by atoms with van der Waals surface area (Å²) in [6.45, 7) is 0. The molecule has 2 N–H and O–H groups in total. The van der Waals surface area contributed by atoms with Gasteiger partial charge in [0.25, 0.3) is 0 Å². The van der Waals surface area contributed by atoms with Gasteiger partial charge in [0.15, 0.2) is 5.78 Å². The van der Waals surface area contributed by atoms with Crippen molar-refractivity contribution in [2.75, 3.05) is 38.9 Å². The predicted octanol–water partition coefficient (Wildman–Crippen LogP) is 3.97. The molecule has 0 bridgehead atoms. The number of Topliss-reactive ketones (excluding diaryl/α,β-unsaturated/α-hetero) is 1. The molecule has 132 valence electrons. The van der Waals surface area contributed by atoms with Gasteiger partial charge < -0.3 is 20.1 Å². The van der Waals surface area contributed by atoms with Crippen LogP contribution in [0.4, 0.5) is 11.4 Å². The summed E-state index contributed by atoms with van der Waals surface area (Å²) in [6.07, 6.45) is 1.71. The molecule has 6 heteroatoms. The largest absolute Gasteiger partial charge is 0.497 e. The molecule has 25 heavy (non-hydrogen) atoms. The molecular formula is C19H21BrN2O3. The van der Waals surface area contributed by atoms with Crippen LogP contribution >= 0.6 is 15.9 Å². The lowest BCUT2D eigenvalue weighted by Gasteiger charge is -2.15. The average Bonchev–Trinajstić information content (AvgIpc) is 2.60. The van der Waals surface area contributed by atoms with E-state index in [0.29, 0.717) is 27.2 Å². The first kappa shape index (κ1) is 18.9. The van der Waals surface area contributed by atoms with E-state index in [1.807, 2.05) is 25.1 Å². The Kier molecular flexibility index (Phi) is 6.09. The van der Waals surface area contributed by atoms with E-state index in [1.54, 1.807) is 50.6 Å². The van der Waals surface area contributed by atoms with Gasteiger partial charge in [-0.3, -0.25) is 4.79 Å². The van der Waals surface area contributed by atoms with E-state index in [1.165, 1.54) is 0 Å². The zero-order valence-electron chi connectivity index (χ0n) is 14.7. The Morgan fingerprint density at radius 2 is 1.84 bits per heavy atom.